The molecule has 1 aliphatic heterocycles. The van der Waals surface area contributed by atoms with Crippen LogP contribution in [0.2, 0.25) is 0 Å². The molecule has 96 valence electrons. The third kappa shape index (κ3) is 2.40. The molecule has 2 rings (SSSR count). The van der Waals surface area contributed by atoms with Crippen LogP contribution in [-0.4, -0.2) is 40.0 Å². The Morgan fingerprint density at radius 3 is 2.94 bits per heavy atom. The lowest BCUT2D eigenvalue weighted by Gasteiger charge is -2.35. The molecule has 2 heterocycles. The molecule has 0 aliphatic carbocycles. The number of carbonyl (C=O) groups excluding carboxylic acids is 1. The Hall–Kier alpha value is -1.76. The Labute approximate surface area is 111 Å². The number of aromatic nitrogens is 2. The second-order valence-corrected chi connectivity index (χ2v) is 4.47. The number of piperazine rings is 1. The van der Waals surface area contributed by atoms with Crippen LogP contribution in [0.3, 0.4) is 0 Å². The number of thiocarbonyl (C=S) groups is 1. The van der Waals surface area contributed by atoms with Gasteiger partial charge in [0.15, 0.2) is 0 Å². The minimum absolute atomic E-state index is 0.0315. The number of rotatable bonds is 3. The molecule has 0 aromatic carbocycles. The molecule has 0 radical (unpaired) electrons. The summed E-state index contributed by atoms with van der Waals surface area (Å²) in [5, 5.41) is 2.84. The highest BCUT2D eigenvalue weighted by Gasteiger charge is 2.29. The summed E-state index contributed by atoms with van der Waals surface area (Å²) in [5.41, 5.74) is 5.96. The van der Waals surface area contributed by atoms with Crippen molar-refractivity contribution in [2.45, 2.75) is 19.4 Å². The van der Waals surface area contributed by atoms with Crippen molar-refractivity contribution in [3.05, 3.63) is 18.1 Å². The predicted octanol–water partition coefficient (Wildman–Crippen LogP) is -0.174. The minimum Gasteiger partial charge on any atom is -0.388 e. The number of nitrogens with one attached hydrogen (secondary N) is 1. The fourth-order valence-electron chi connectivity index (χ4n) is 1.99. The number of hydrogen-bond donors (Lipinski definition) is 2. The molecule has 18 heavy (non-hydrogen) atoms. The maximum atomic E-state index is 11.7. The van der Waals surface area contributed by atoms with Crippen LogP contribution in [-0.2, 0) is 4.79 Å². The lowest BCUT2D eigenvalue weighted by Crippen LogP contribution is -2.55. The summed E-state index contributed by atoms with van der Waals surface area (Å²) < 4.78 is 0. The standard InChI is InChI=1S/C11H15N5OS/c1-2-8-11(17)13-3-4-16(8)9-6-14-7(5-15-9)10(12)18/h5-6,8H,2-4H2,1H3,(H2,12,18)(H,13,17). The van der Waals surface area contributed by atoms with Gasteiger partial charge in [0.05, 0.1) is 12.4 Å². The van der Waals surface area contributed by atoms with E-state index in [2.05, 4.69) is 15.3 Å². The summed E-state index contributed by atoms with van der Waals surface area (Å²) in [6.07, 6.45) is 3.87. The van der Waals surface area contributed by atoms with Crippen molar-refractivity contribution in [3.63, 3.8) is 0 Å². The molecule has 1 unspecified atom stereocenters. The maximum absolute atomic E-state index is 11.7. The first-order valence-electron chi connectivity index (χ1n) is 5.79. The van der Waals surface area contributed by atoms with Crippen LogP contribution in [0, 0.1) is 0 Å². The highest BCUT2D eigenvalue weighted by Crippen LogP contribution is 2.17. The summed E-state index contributed by atoms with van der Waals surface area (Å²) >= 11 is 4.82. The van der Waals surface area contributed by atoms with Crippen molar-refractivity contribution in [1.82, 2.24) is 15.3 Å². The van der Waals surface area contributed by atoms with Crippen LogP contribution >= 0.6 is 12.2 Å². The van der Waals surface area contributed by atoms with Crippen LogP contribution in [0.1, 0.15) is 19.0 Å². The minimum atomic E-state index is -0.191. The molecular formula is C11H15N5OS. The van der Waals surface area contributed by atoms with Gasteiger partial charge in [-0.1, -0.05) is 19.1 Å². The van der Waals surface area contributed by atoms with Gasteiger partial charge in [0.1, 0.15) is 22.5 Å². The van der Waals surface area contributed by atoms with Gasteiger partial charge in [0.25, 0.3) is 0 Å². The number of amides is 1. The van der Waals surface area contributed by atoms with E-state index in [4.69, 9.17) is 18.0 Å². The van der Waals surface area contributed by atoms with E-state index in [-0.39, 0.29) is 16.9 Å². The first-order chi connectivity index (χ1) is 8.63. The average molecular weight is 265 g/mol. The van der Waals surface area contributed by atoms with Crippen LogP contribution in [0.25, 0.3) is 0 Å². The highest BCUT2D eigenvalue weighted by molar-refractivity contribution is 7.80. The topological polar surface area (TPSA) is 84.1 Å². The molecule has 0 bridgehead atoms. The first-order valence-corrected chi connectivity index (χ1v) is 6.20. The van der Waals surface area contributed by atoms with E-state index < -0.39 is 0 Å². The molecule has 1 aromatic rings. The van der Waals surface area contributed by atoms with Gasteiger partial charge in [-0.25, -0.2) is 9.97 Å². The monoisotopic (exact) mass is 265 g/mol. The van der Waals surface area contributed by atoms with Gasteiger partial charge in [0.2, 0.25) is 5.91 Å². The predicted molar refractivity (Wildman–Crippen MR) is 72.4 cm³/mol. The van der Waals surface area contributed by atoms with E-state index in [1.807, 2.05) is 11.8 Å². The van der Waals surface area contributed by atoms with Gasteiger partial charge >= 0.3 is 0 Å². The molecule has 1 aromatic heterocycles. The van der Waals surface area contributed by atoms with Gasteiger partial charge in [0, 0.05) is 13.1 Å². The van der Waals surface area contributed by atoms with Crippen molar-refractivity contribution in [2.75, 3.05) is 18.0 Å². The summed E-state index contributed by atoms with van der Waals surface area (Å²) in [5.74, 6) is 0.709. The fourth-order valence-corrected chi connectivity index (χ4v) is 2.10. The molecule has 3 N–H and O–H groups in total. The summed E-state index contributed by atoms with van der Waals surface area (Å²) in [6, 6.07) is -0.191. The van der Waals surface area contributed by atoms with Crippen molar-refractivity contribution >= 4 is 28.9 Å². The van der Waals surface area contributed by atoms with Crippen molar-refractivity contribution < 1.29 is 4.79 Å². The molecule has 1 atom stereocenters. The van der Waals surface area contributed by atoms with Crippen LogP contribution in [0.5, 0.6) is 0 Å². The van der Waals surface area contributed by atoms with Crippen LogP contribution < -0.4 is 16.0 Å². The number of nitrogens with two attached hydrogens (primary N) is 1. The first kappa shape index (κ1) is 12.7. The van der Waals surface area contributed by atoms with Crippen LogP contribution in [0.15, 0.2) is 12.4 Å². The zero-order valence-corrected chi connectivity index (χ0v) is 10.9. The molecular weight excluding hydrogens is 250 g/mol. The van der Waals surface area contributed by atoms with Crippen molar-refractivity contribution in [3.8, 4) is 0 Å². The Balaban J connectivity index is 2.24. The molecule has 1 saturated heterocycles. The second kappa shape index (κ2) is 5.26. The van der Waals surface area contributed by atoms with E-state index in [9.17, 15) is 4.79 Å². The Morgan fingerprint density at radius 1 is 1.61 bits per heavy atom. The van der Waals surface area contributed by atoms with E-state index >= 15 is 0 Å². The number of anilines is 1. The number of hydrogen-bond acceptors (Lipinski definition) is 5. The zero-order valence-electron chi connectivity index (χ0n) is 10.1. The Kier molecular flexibility index (Phi) is 3.71. The Morgan fingerprint density at radius 2 is 2.39 bits per heavy atom. The Bertz CT molecular complexity index is 461. The van der Waals surface area contributed by atoms with E-state index in [1.54, 1.807) is 6.20 Å². The lowest BCUT2D eigenvalue weighted by atomic mass is 10.1. The molecule has 0 spiro atoms. The second-order valence-electron chi connectivity index (χ2n) is 4.03. The van der Waals surface area contributed by atoms with E-state index in [0.29, 0.717) is 18.1 Å². The van der Waals surface area contributed by atoms with Gasteiger partial charge in [-0.05, 0) is 6.42 Å². The van der Waals surface area contributed by atoms with Gasteiger partial charge in [-0.15, -0.1) is 0 Å². The zero-order chi connectivity index (χ0) is 13.1. The number of nitrogens with zero attached hydrogens (tertiary/aromatic N) is 3. The third-order valence-electron chi connectivity index (χ3n) is 2.90. The maximum Gasteiger partial charge on any atom is 0.242 e. The van der Waals surface area contributed by atoms with Crippen LogP contribution in [0.4, 0.5) is 5.82 Å². The third-order valence-corrected chi connectivity index (χ3v) is 3.11. The van der Waals surface area contributed by atoms with Crippen molar-refractivity contribution in [1.29, 1.82) is 0 Å². The summed E-state index contributed by atoms with van der Waals surface area (Å²) in [6.45, 7) is 3.32. The van der Waals surface area contributed by atoms with Gasteiger partial charge in [-0.3, -0.25) is 4.79 Å². The average Bonchev–Trinajstić information content (AvgIpc) is 2.38. The molecule has 1 amide bonds. The van der Waals surface area contributed by atoms with Crippen molar-refractivity contribution in [2.24, 2.45) is 5.73 Å². The highest BCUT2D eigenvalue weighted by atomic mass is 32.1. The molecule has 1 fully saturated rings. The summed E-state index contributed by atoms with van der Waals surface area (Å²) in [7, 11) is 0. The fraction of sp³-hybridized carbons (Fsp3) is 0.455. The molecule has 7 heteroatoms. The number of carbonyl (C=O) groups is 1. The molecule has 6 nitrogen and oxygen atoms in total. The van der Waals surface area contributed by atoms with Gasteiger partial charge in [-0.2, -0.15) is 0 Å². The molecule has 0 saturated carbocycles. The quantitative estimate of drug-likeness (QED) is 0.738. The van der Waals surface area contributed by atoms with Gasteiger partial charge < -0.3 is 16.0 Å². The largest absolute Gasteiger partial charge is 0.388 e. The smallest absolute Gasteiger partial charge is 0.242 e. The summed E-state index contributed by atoms with van der Waals surface area (Å²) in [4.78, 5) is 22.3. The van der Waals surface area contributed by atoms with E-state index in [0.717, 1.165) is 13.0 Å². The van der Waals surface area contributed by atoms with E-state index in [1.165, 1.54) is 6.20 Å². The molecule has 1 aliphatic rings. The normalized spacial score (nSPS) is 19.5. The lowest BCUT2D eigenvalue weighted by molar-refractivity contribution is -0.123. The SMILES string of the molecule is CCC1C(=O)NCCN1c1cnc(C(N)=S)cn1.